The quantitative estimate of drug-likeness (QED) is 0.861. The number of aromatic nitrogens is 2. The Labute approximate surface area is 117 Å². The van der Waals surface area contributed by atoms with Crippen molar-refractivity contribution in [1.82, 2.24) is 14.1 Å². The second-order valence-electron chi connectivity index (χ2n) is 5.33. The van der Waals surface area contributed by atoms with Crippen LogP contribution in [0, 0.1) is 19.8 Å². The van der Waals surface area contributed by atoms with E-state index < -0.39 is 16.6 Å². The summed E-state index contributed by atoms with van der Waals surface area (Å²) in [4.78, 5) is -0.0769. The lowest BCUT2D eigenvalue weighted by Gasteiger charge is -2.30. The van der Waals surface area contributed by atoms with Crippen molar-refractivity contribution < 1.29 is 17.2 Å². The monoisotopic (exact) mass is 307 g/mol. The predicted molar refractivity (Wildman–Crippen MR) is 70.1 cm³/mol. The van der Waals surface area contributed by atoms with E-state index >= 15 is 0 Å². The lowest BCUT2D eigenvalue weighted by atomic mass is 10.0. The molecule has 0 amide bonds. The Morgan fingerprint density at radius 1 is 1.35 bits per heavy atom. The summed E-state index contributed by atoms with van der Waals surface area (Å²) in [6.07, 6.45) is 1.78. The van der Waals surface area contributed by atoms with Crippen LogP contribution in [0.5, 0.6) is 0 Å². The molecule has 0 radical (unpaired) electrons. The molecule has 2 heterocycles. The number of hydrogen-bond acceptors (Lipinski definition) is 3. The normalized spacial score (nSPS) is 21.6. The van der Waals surface area contributed by atoms with Crippen molar-refractivity contribution in [2.24, 2.45) is 5.92 Å². The van der Waals surface area contributed by atoms with Crippen LogP contribution in [0.15, 0.2) is 4.90 Å². The lowest BCUT2D eigenvalue weighted by Crippen LogP contribution is -2.39. The highest BCUT2D eigenvalue weighted by atomic mass is 32.2. The Kier molecular flexibility index (Phi) is 4.15. The van der Waals surface area contributed by atoms with Gasteiger partial charge in [-0.1, -0.05) is 6.92 Å². The van der Waals surface area contributed by atoms with Gasteiger partial charge in [-0.05, 0) is 32.6 Å². The molecule has 0 aromatic carbocycles. The van der Waals surface area contributed by atoms with Crippen molar-refractivity contribution in [3.63, 3.8) is 0 Å². The number of halogens is 2. The van der Waals surface area contributed by atoms with Crippen LogP contribution in [0.2, 0.25) is 0 Å². The number of alkyl halides is 2. The van der Waals surface area contributed by atoms with Crippen LogP contribution in [-0.2, 0) is 10.0 Å². The fourth-order valence-corrected chi connectivity index (χ4v) is 4.66. The van der Waals surface area contributed by atoms with Gasteiger partial charge in [0.15, 0.2) is 0 Å². The summed E-state index contributed by atoms with van der Waals surface area (Å²) in [5, 5.41) is 3.65. The van der Waals surface area contributed by atoms with Gasteiger partial charge in [-0.25, -0.2) is 13.1 Å². The van der Waals surface area contributed by atoms with E-state index in [1.807, 2.05) is 6.92 Å². The van der Waals surface area contributed by atoms with Gasteiger partial charge in [-0.3, -0.25) is 0 Å². The molecule has 2 rings (SSSR count). The third-order valence-electron chi connectivity index (χ3n) is 3.66. The van der Waals surface area contributed by atoms with Crippen molar-refractivity contribution in [3.8, 4) is 0 Å². The molecule has 1 aromatic heterocycles. The predicted octanol–water partition coefficient (Wildman–Crippen LogP) is 2.32. The Bertz CT molecular complexity index is 598. The van der Waals surface area contributed by atoms with Crippen LogP contribution < -0.4 is 0 Å². The van der Waals surface area contributed by atoms with E-state index in [0.717, 1.165) is 12.8 Å². The Morgan fingerprint density at radius 2 is 2.00 bits per heavy atom. The van der Waals surface area contributed by atoms with Gasteiger partial charge < -0.3 is 0 Å². The SMILES string of the molecule is Cc1nn(C(F)F)c(C)c1S(=O)(=O)N1CCC[C@@H](C)C1. The molecule has 1 aromatic rings. The summed E-state index contributed by atoms with van der Waals surface area (Å²) in [5.74, 6) is 0.282. The zero-order chi connectivity index (χ0) is 15.1. The number of rotatable bonds is 3. The minimum Gasteiger partial charge on any atom is -0.207 e. The molecule has 5 nitrogen and oxygen atoms in total. The first kappa shape index (κ1) is 15.4. The van der Waals surface area contributed by atoms with Crippen molar-refractivity contribution >= 4 is 10.0 Å². The largest absolute Gasteiger partial charge is 0.333 e. The number of nitrogens with zero attached hydrogens (tertiary/aromatic N) is 3. The van der Waals surface area contributed by atoms with Gasteiger partial charge in [0.1, 0.15) is 4.90 Å². The maximum atomic E-state index is 12.8. The van der Waals surface area contributed by atoms with Crippen LogP contribution >= 0.6 is 0 Å². The molecule has 1 aliphatic rings. The van der Waals surface area contributed by atoms with Crippen molar-refractivity contribution in [2.75, 3.05) is 13.1 Å². The molecule has 1 saturated heterocycles. The average molecular weight is 307 g/mol. The molecule has 1 aliphatic heterocycles. The highest BCUT2D eigenvalue weighted by Gasteiger charge is 2.34. The second-order valence-corrected chi connectivity index (χ2v) is 7.21. The molecule has 0 aliphatic carbocycles. The molecule has 0 unspecified atom stereocenters. The smallest absolute Gasteiger partial charge is 0.207 e. The first-order valence-corrected chi connectivity index (χ1v) is 8.03. The second kappa shape index (κ2) is 5.40. The van der Waals surface area contributed by atoms with Crippen molar-refractivity contribution in [2.45, 2.75) is 45.1 Å². The summed E-state index contributed by atoms with van der Waals surface area (Å²) in [7, 11) is -3.75. The van der Waals surface area contributed by atoms with E-state index in [1.54, 1.807) is 0 Å². The van der Waals surface area contributed by atoms with E-state index in [4.69, 9.17) is 0 Å². The van der Waals surface area contributed by atoms with E-state index in [2.05, 4.69) is 5.10 Å². The van der Waals surface area contributed by atoms with Gasteiger partial charge in [0.25, 0.3) is 0 Å². The molecular weight excluding hydrogens is 288 g/mol. The average Bonchev–Trinajstić information content (AvgIpc) is 2.65. The fourth-order valence-electron chi connectivity index (χ4n) is 2.70. The molecule has 0 saturated carbocycles. The highest BCUT2D eigenvalue weighted by molar-refractivity contribution is 7.89. The molecule has 1 atom stereocenters. The zero-order valence-corrected chi connectivity index (χ0v) is 12.6. The van der Waals surface area contributed by atoms with Crippen LogP contribution in [0.4, 0.5) is 8.78 Å². The number of aryl methyl sites for hydroxylation is 1. The van der Waals surface area contributed by atoms with Crippen LogP contribution in [0.25, 0.3) is 0 Å². The van der Waals surface area contributed by atoms with Crippen molar-refractivity contribution in [3.05, 3.63) is 11.4 Å². The van der Waals surface area contributed by atoms with Gasteiger partial charge in [0.05, 0.1) is 11.4 Å². The van der Waals surface area contributed by atoms with Gasteiger partial charge in [-0.2, -0.15) is 18.2 Å². The molecule has 1 fully saturated rings. The summed E-state index contributed by atoms with van der Waals surface area (Å²) < 4.78 is 52.7. The van der Waals surface area contributed by atoms with Crippen molar-refractivity contribution in [1.29, 1.82) is 0 Å². The van der Waals surface area contributed by atoms with Crippen LogP contribution in [0.1, 0.15) is 37.7 Å². The third-order valence-corrected chi connectivity index (χ3v) is 5.78. The van der Waals surface area contributed by atoms with E-state index in [-0.39, 0.29) is 22.2 Å². The standard InChI is InChI=1S/C12H19F2N3O2S/c1-8-5-4-6-16(7-8)20(18,19)11-9(2)15-17(10(11)3)12(13)14/h8,12H,4-7H2,1-3H3/t8-/m1/s1. The minimum atomic E-state index is -3.75. The Balaban J connectivity index is 2.44. The van der Waals surface area contributed by atoms with Gasteiger partial charge in [0, 0.05) is 13.1 Å². The molecule has 0 N–H and O–H groups in total. The first-order chi connectivity index (χ1) is 9.25. The van der Waals surface area contributed by atoms with E-state index in [9.17, 15) is 17.2 Å². The lowest BCUT2D eigenvalue weighted by molar-refractivity contribution is 0.0538. The zero-order valence-electron chi connectivity index (χ0n) is 11.8. The molecule has 20 heavy (non-hydrogen) atoms. The Morgan fingerprint density at radius 3 is 2.50 bits per heavy atom. The molecule has 8 heteroatoms. The number of piperidine rings is 1. The maximum absolute atomic E-state index is 12.8. The van der Waals surface area contributed by atoms with E-state index in [0.29, 0.717) is 17.8 Å². The first-order valence-electron chi connectivity index (χ1n) is 6.59. The topological polar surface area (TPSA) is 55.2 Å². The molecule has 0 bridgehead atoms. The summed E-state index contributed by atoms with van der Waals surface area (Å²) in [5.41, 5.74) is 0.122. The molecular formula is C12H19F2N3O2S. The van der Waals surface area contributed by atoms with Gasteiger partial charge in [-0.15, -0.1) is 0 Å². The third kappa shape index (κ3) is 2.58. The summed E-state index contributed by atoms with van der Waals surface area (Å²) >= 11 is 0. The summed E-state index contributed by atoms with van der Waals surface area (Å²) in [6.45, 7) is 2.84. The summed E-state index contributed by atoms with van der Waals surface area (Å²) in [6, 6.07) is 0. The van der Waals surface area contributed by atoms with Crippen LogP contribution in [0.3, 0.4) is 0 Å². The Hall–Kier alpha value is -1.02. The molecule has 0 spiro atoms. The fraction of sp³-hybridized carbons (Fsp3) is 0.750. The van der Waals surface area contributed by atoms with Crippen LogP contribution in [-0.4, -0.2) is 35.6 Å². The highest BCUT2D eigenvalue weighted by Crippen LogP contribution is 2.29. The molecule has 114 valence electrons. The maximum Gasteiger partial charge on any atom is 0.333 e. The number of sulfonamides is 1. The number of hydrogen-bond donors (Lipinski definition) is 0. The van der Waals surface area contributed by atoms with Gasteiger partial charge >= 0.3 is 6.55 Å². The van der Waals surface area contributed by atoms with Gasteiger partial charge in [0.2, 0.25) is 10.0 Å². The van der Waals surface area contributed by atoms with E-state index in [1.165, 1.54) is 18.2 Å². The minimum absolute atomic E-state index is 0.00396.